The summed E-state index contributed by atoms with van der Waals surface area (Å²) in [5, 5.41) is 10.8. The van der Waals surface area contributed by atoms with Gasteiger partial charge in [0.1, 0.15) is 12.1 Å². The molecule has 2 heterocycles. The van der Waals surface area contributed by atoms with Crippen LogP contribution in [0.25, 0.3) is 0 Å². The van der Waals surface area contributed by atoms with Gasteiger partial charge in [-0.25, -0.2) is 13.2 Å². The van der Waals surface area contributed by atoms with Crippen molar-refractivity contribution in [1.82, 2.24) is 30.5 Å². The van der Waals surface area contributed by atoms with Gasteiger partial charge in [-0.1, -0.05) is 61.3 Å². The van der Waals surface area contributed by atoms with Crippen LogP contribution in [0.4, 0.5) is 4.79 Å². The van der Waals surface area contributed by atoms with Crippen LogP contribution in [-0.2, 0) is 29.2 Å². The van der Waals surface area contributed by atoms with Crippen molar-refractivity contribution in [3.8, 4) is 0 Å². The number of ketones is 1. The molecule has 5 atom stereocenters. The van der Waals surface area contributed by atoms with Crippen molar-refractivity contribution in [3.05, 3.63) is 0 Å². The number of carbonyl (C=O) groups excluding carboxylic acids is 5. The van der Waals surface area contributed by atoms with Gasteiger partial charge in [0.15, 0.2) is 0 Å². The number of likely N-dealkylation sites (tertiary alicyclic amines) is 1. The molecule has 3 fully saturated rings. The van der Waals surface area contributed by atoms with Crippen molar-refractivity contribution in [2.75, 3.05) is 32.4 Å². The highest BCUT2D eigenvalue weighted by Gasteiger charge is 2.46. The van der Waals surface area contributed by atoms with Crippen molar-refractivity contribution < 1.29 is 32.4 Å². The molecule has 0 aromatic rings. The van der Waals surface area contributed by atoms with E-state index in [2.05, 4.69) is 21.3 Å². The Labute approximate surface area is 262 Å². The fourth-order valence-corrected chi connectivity index (χ4v) is 7.37. The van der Waals surface area contributed by atoms with E-state index in [4.69, 9.17) is 0 Å². The molecule has 3 aliphatic rings. The summed E-state index contributed by atoms with van der Waals surface area (Å²) < 4.78 is 26.3. The molecule has 3 rings (SSSR count). The molecule has 1 aliphatic carbocycles. The molecule has 250 valence electrons. The molecule has 13 nitrogen and oxygen atoms in total. The van der Waals surface area contributed by atoms with E-state index in [0.717, 1.165) is 12.8 Å². The van der Waals surface area contributed by atoms with Crippen molar-refractivity contribution in [1.29, 1.82) is 0 Å². The van der Waals surface area contributed by atoms with Crippen LogP contribution in [0, 0.1) is 22.7 Å². The molecule has 14 heteroatoms. The lowest BCUT2D eigenvalue weighted by Crippen LogP contribution is -2.62. The topological polar surface area (TPSA) is 174 Å². The molecule has 0 aromatic heterocycles. The average Bonchev–Trinajstić information content (AvgIpc) is 3.55. The highest BCUT2D eigenvalue weighted by Crippen LogP contribution is 2.34. The number of amides is 5. The first-order chi connectivity index (χ1) is 20.3. The second kappa shape index (κ2) is 13.7. The van der Waals surface area contributed by atoms with Crippen LogP contribution in [0.5, 0.6) is 0 Å². The fraction of sp³-hybridized carbons (Fsp3) is 0.833. The summed E-state index contributed by atoms with van der Waals surface area (Å²) in [6, 6.07) is -4.00. The summed E-state index contributed by atoms with van der Waals surface area (Å²) in [5.41, 5.74) is -1.21. The van der Waals surface area contributed by atoms with E-state index in [9.17, 15) is 32.4 Å². The molecular formula is C30H52N6O7S. The number of carbonyl (C=O) groups is 5. The van der Waals surface area contributed by atoms with E-state index in [1.54, 1.807) is 0 Å². The van der Waals surface area contributed by atoms with E-state index < -0.39 is 74.6 Å². The van der Waals surface area contributed by atoms with Crippen LogP contribution in [0.3, 0.4) is 0 Å². The minimum Gasteiger partial charge on any atom is -0.353 e. The second-order valence-electron chi connectivity index (χ2n) is 14.8. The molecule has 0 radical (unpaired) electrons. The summed E-state index contributed by atoms with van der Waals surface area (Å²) in [5.74, 6) is -2.27. The number of hydrogen-bond donors (Lipinski definition) is 4. The summed E-state index contributed by atoms with van der Waals surface area (Å²) in [6.45, 7) is 13.9. The van der Waals surface area contributed by atoms with Gasteiger partial charge >= 0.3 is 6.03 Å². The third-order valence-electron chi connectivity index (χ3n) is 8.93. The SMILES string of the molecule is CNC(=O)C(=O)C(CC1CC1)NC(=O)[C@@H]1C(C)CCN1C(=O)[C@@H](NC(=O)N[C@H](CN1CCCS1(=O)=O)C(C)(C)C)C(C)(C)C. The van der Waals surface area contributed by atoms with E-state index in [1.807, 2.05) is 48.5 Å². The van der Waals surface area contributed by atoms with Crippen LogP contribution >= 0.6 is 0 Å². The zero-order valence-corrected chi connectivity index (χ0v) is 28.3. The number of Topliss-reactive ketones (excluding diaryl/α,β-unsaturated/α-hetero) is 1. The Morgan fingerprint density at radius 2 is 1.52 bits per heavy atom. The lowest BCUT2D eigenvalue weighted by molar-refractivity contribution is -0.144. The third-order valence-corrected chi connectivity index (χ3v) is 10.9. The molecule has 0 aromatic carbocycles. The lowest BCUT2D eigenvalue weighted by atomic mass is 9.85. The Hall–Kier alpha value is -2.74. The molecule has 2 aliphatic heterocycles. The molecule has 2 unspecified atom stereocenters. The number of rotatable bonds is 11. The molecule has 44 heavy (non-hydrogen) atoms. The van der Waals surface area contributed by atoms with Crippen LogP contribution in [-0.4, -0.2) is 104 Å². The zero-order valence-electron chi connectivity index (χ0n) is 27.5. The maximum atomic E-state index is 14.1. The van der Waals surface area contributed by atoms with Gasteiger partial charge < -0.3 is 26.2 Å². The Bertz CT molecular complexity index is 1220. The zero-order chi connectivity index (χ0) is 33.2. The highest BCUT2D eigenvalue weighted by molar-refractivity contribution is 7.89. The maximum Gasteiger partial charge on any atom is 0.315 e. The normalized spacial score (nSPS) is 24.2. The standard InChI is InChI=1S/C30H52N6O7S/c1-18-12-14-36(22(18)25(38)32-20(16-19-10-11-19)23(37)26(39)31-8)27(40)24(30(5,6)7)34-28(41)33-21(29(2,3)4)17-35-13-9-15-44(35,42)43/h18-22,24H,9-17H2,1-8H3,(H,31,39)(H,32,38)(H2,33,34,41)/t18?,20?,21-,22+,24-/m1/s1. The van der Waals surface area contributed by atoms with E-state index in [-0.39, 0.29) is 24.1 Å². The Balaban J connectivity index is 1.76. The molecule has 2 saturated heterocycles. The predicted molar refractivity (Wildman–Crippen MR) is 166 cm³/mol. The van der Waals surface area contributed by atoms with Crippen molar-refractivity contribution >= 4 is 39.6 Å². The smallest absolute Gasteiger partial charge is 0.315 e. The fourth-order valence-electron chi connectivity index (χ4n) is 5.83. The molecule has 0 bridgehead atoms. The molecule has 4 N–H and O–H groups in total. The number of hydrogen-bond acceptors (Lipinski definition) is 7. The van der Waals surface area contributed by atoms with Crippen molar-refractivity contribution in [3.63, 3.8) is 0 Å². The van der Waals surface area contributed by atoms with E-state index in [1.165, 1.54) is 16.3 Å². The number of nitrogens with zero attached hydrogens (tertiary/aromatic N) is 2. The third kappa shape index (κ3) is 8.92. The largest absolute Gasteiger partial charge is 0.353 e. The number of likely N-dealkylation sites (N-methyl/N-ethyl adjacent to an activating group) is 1. The monoisotopic (exact) mass is 640 g/mol. The van der Waals surface area contributed by atoms with Crippen molar-refractivity contribution in [2.45, 2.75) is 105 Å². The summed E-state index contributed by atoms with van der Waals surface area (Å²) >= 11 is 0. The lowest BCUT2D eigenvalue weighted by Gasteiger charge is -2.38. The van der Waals surface area contributed by atoms with Crippen molar-refractivity contribution in [2.24, 2.45) is 22.7 Å². The molecular weight excluding hydrogens is 588 g/mol. The Morgan fingerprint density at radius 1 is 0.886 bits per heavy atom. The van der Waals surface area contributed by atoms with E-state index >= 15 is 0 Å². The summed E-state index contributed by atoms with van der Waals surface area (Å²) in [4.78, 5) is 67.4. The van der Waals surface area contributed by atoms with Gasteiger partial charge in [0, 0.05) is 32.7 Å². The first-order valence-electron chi connectivity index (χ1n) is 15.7. The molecule has 0 spiro atoms. The Morgan fingerprint density at radius 3 is 2.02 bits per heavy atom. The van der Waals surface area contributed by atoms with Crippen LogP contribution < -0.4 is 21.3 Å². The summed E-state index contributed by atoms with van der Waals surface area (Å²) in [7, 11) is -2.01. The van der Waals surface area contributed by atoms with Gasteiger partial charge in [0.2, 0.25) is 27.6 Å². The van der Waals surface area contributed by atoms with Gasteiger partial charge in [-0.15, -0.1) is 0 Å². The van der Waals surface area contributed by atoms with Crippen LogP contribution in [0.2, 0.25) is 0 Å². The van der Waals surface area contributed by atoms with Gasteiger partial charge in [-0.3, -0.25) is 19.2 Å². The molecule has 5 amide bonds. The predicted octanol–water partition coefficient (Wildman–Crippen LogP) is 0.988. The first-order valence-corrected chi connectivity index (χ1v) is 17.3. The second-order valence-corrected chi connectivity index (χ2v) is 16.9. The minimum atomic E-state index is -3.37. The van der Waals surface area contributed by atoms with Gasteiger partial charge in [-0.05, 0) is 41.9 Å². The first kappa shape index (κ1) is 35.7. The van der Waals surface area contributed by atoms with Crippen LogP contribution in [0.15, 0.2) is 0 Å². The van der Waals surface area contributed by atoms with Crippen LogP contribution in [0.1, 0.15) is 80.6 Å². The Kier molecular flexibility index (Phi) is 11.1. The van der Waals surface area contributed by atoms with Gasteiger partial charge in [0.25, 0.3) is 5.91 Å². The number of urea groups is 1. The maximum absolute atomic E-state index is 14.1. The minimum absolute atomic E-state index is 0.0843. The number of nitrogens with one attached hydrogen (secondary N) is 4. The average molecular weight is 641 g/mol. The van der Waals surface area contributed by atoms with E-state index in [0.29, 0.717) is 32.4 Å². The number of sulfonamides is 1. The van der Waals surface area contributed by atoms with Gasteiger partial charge in [-0.2, -0.15) is 4.31 Å². The molecule has 1 saturated carbocycles. The summed E-state index contributed by atoms with van der Waals surface area (Å²) in [6.07, 6.45) is 3.33. The quantitative estimate of drug-likeness (QED) is 0.244. The highest BCUT2D eigenvalue weighted by atomic mass is 32.2. The van der Waals surface area contributed by atoms with Gasteiger partial charge in [0.05, 0.1) is 11.8 Å².